The van der Waals surface area contributed by atoms with Gasteiger partial charge in [0.25, 0.3) is 0 Å². The molecule has 5 heterocycles. The Labute approximate surface area is 307 Å². The van der Waals surface area contributed by atoms with E-state index in [-0.39, 0.29) is 5.92 Å². The zero-order valence-electron chi connectivity index (χ0n) is 32.1. The van der Waals surface area contributed by atoms with E-state index in [0.29, 0.717) is 5.56 Å². The fourth-order valence-corrected chi connectivity index (χ4v) is 10.6. The fraction of sp³-hybridized carbons (Fsp3) is 0.167. The number of nitrogens with zero attached hydrogens (tertiary/aromatic N) is 2. The van der Waals surface area contributed by atoms with Crippen LogP contribution in [-0.4, -0.2) is 8.07 Å². The molecule has 1 spiro atoms. The third kappa shape index (κ3) is 3.75. The van der Waals surface area contributed by atoms with Crippen molar-refractivity contribution in [2.45, 2.75) is 45.5 Å². The molecule has 0 N–H and O–H groups in total. The van der Waals surface area contributed by atoms with Crippen molar-refractivity contribution in [2.24, 2.45) is 5.92 Å². The summed E-state index contributed by atoms with van der Waals surface area (Å²) in [7, 11) is -1.71. The minimum Gasteiger partial charge on any atom is -0.455 e. The lowest BCUT2D eigenvalue weighted by Gasteiger charge is -2.20. The monoisotopic (exact) mass is 690 g/mol. The molecule has 0 saturated carbocycles. The molecule has 9 aromatic rings. The average molecular weight is 691 g/mol. The molecule has 1 atom stereocenters. The molecule has 0 amide bonds. The molecular formula is C48H40N2OSi+2. The maximum absolute atomic E-state index is 9.22. The number of benzene rings is 6. The van der Waals surface area contributed by atoms with E-state index in [1.807, 2.05) is 19.9 Å². The van der Waals surface area contributed by atoms with E-state index in [1.165, 1.54) is 54.3 Å². The number of aromatic nitrogens is 2. The molecule has 4 heteroatoms. The third-order valence-electron chi connectivity index (χ3n) is 11.6. The Morgan fingerprint density at radius 1 is 0.654 bits per heavy atom. The quantitative estimate of drug-likeness (QED) is 0.103. The summed E-state index contributed by atoms with van der Waals surface area (Å²) in [5, 5.41) is 10.9. The van der Waals surface area contributed by atoms with Crippen LogP contribution in [0.5, 0.6) is 0 Å². The van der Waals surface area contributed by atoms with E-state index >= 15 is 0 Å². The first kappa shape index (κ1) is 28.1. The van der Waals surface area contributed by atoms with Gasteiger partial charge in [-0.25, -0.2) is 0 Å². The Hall–Kier alpha value is -5.58. The van der Waals surface area contributed by atoms with Gasteiger partial charge in [-0.15, -0.1) is 9.13 Å². The summed E-state index contributed by atoms with van der Waals surface area (Å²) >= 11 is 0. The highest BCUT2D eigenvalue weighted by Crippen LogP contribution is 2.51. The smallest absolute Gasteiger partial charge is 0.417 e. The SMILES string of the molecule is [2H]C([2H])(c1cc[n+]2c(c1)-c1c(ccc3c1oc1ccc4c5ccccc5c5ccccc5c4c13)C21c2ccccc2-c2ccc([Si](C)(C)C)c[n+]21)C(C)C. The second kappa shape index (κ2) is 10.3. The van der Waals surface area contributed by atoms with Crippen molar-refractivity contribution >= 4 is 67.5 Å². The molecular weight excluding hydrogens is 649 g/mol. The first-order valence-corrected chi connectivity index (χ1v) is 22.0. The standard InChI is InChI=1S/C48H40N2OSi/c1-29(2)26-30-24-25-49-42(27-30)46-40(48(49)39-17-11-10-16-37(39)41-22-18-31(28-50(41)48)52(3,4)5)21-19-38-45-43(51-47(38)46)23-20-36-34-14-7-6-12-32(34)33-13-8-9-15-35(33)44(36)45/h6-25,27-29H,26H2,1-5H3/q+2/i26D2. The van der Waals surface area contributed by atoms with Crippen LogP contribution in [0.3, 0.4) is 0 Å². The molecule has 2 aliphatic heterocycles. The normalized spacial score (nSPS) is 17.0. The summed E-state index contributed by atoms with van der Waals surface area (Å²) in [4.78, 5) is 0. The Bertz CT molecular complexity index is 3080. The molecule has 2 aliphatic rings. The predicted octanol–water partition coefficient (Wildman–Crippen LogP) is 10.6. The Kier molecular flexibility index (Phi) is 5.54. The van der Waals surface area contributed by atoms with Crippen LogP contribution in [0.25, 0.3) is 76.8 Å². The Morgan fingerprint density at radius 3 is 2.08 bits per heavy atom. The van der Waals surface area contributed by atoms with E-state index in [0.717, 1.165) is 38.8 Å². The van der Waals surface area contributed by atoms with Crippen LogP contribution >= 0.6 is 0 Å². The van der Waals surface area contributed by atoms with Crippen molar-refractivity contribution in [3.63, 3.8) is 0 Å². The van der Waals surface area contributed by atoms with Crippen LogP contribution in [0.1, 0.15) is 33.3 Å². The Morgan fingerprint density at radius 2 is 1.33 bits per heavy atom. The van der Waals surface area contributed by atoms with Gasteiger partial charge in [0.2, 0.25) is 11.4 Å². The highest BCUT2D eigenvalue weighted by atomic mass is 28.3. The topological polar surface area (TPSA) is 20.9 Å². The molecule has 52 heavy (non-hydrogen) atoms. The Balaban J connectivity index is 1.33. The van der Waals surface area contributed by atoms with Crippen LogP contribution in [0, 0.1) is 5.92 Å². The number of hydrogen-bond donors (Lipinski definition) is 0. The van der Waals surface area contributed by atoms with E-state index in [1.54, 1.807) is 0 Å². The molecule has 250 valence electrons. The van der Waals surface area contributed by atoms with Crippen molar-refractivity contribution in [2.75, 3.05) is 0 Å². The summed E-state index contributed by atoms with van der Waals surface area (Å²) in [6.45, 7) is 11.1. The first-order chi connectivity index (χ1) is 26.0. The zero-order valence-corrected chi connectivity index (χ0v) is 31.1. The fourth-order valence-electron chi connectivity index (χ4n) is 9.49. The van der Waals surface area contributed by atoms with Crippen LogP contribution in [0.15, 0.2) is 138 Å². The summed E-state index contributed by atoms with van der Waals surface area (Å²) in [6, 6.07) is 44.0. The van der Waals surface area contributed by atoms with Crippen LogP contribution in [0.4, 0.5) is 0 Å². The van der Waals surface area contributed by atoms with E-state index in [4.69, 9.17) is 4.42 Å². The molecule has 6 aromatic carbocycles. The van der Waals surface area contributed by atoms with Gasteiger partial charge >= 0.3 is 5.66 Å². The molecule has 0 bridgehead atoms. The van der Waals surface area contributed by atoms with Crippen molar-refractivity contribution in [1.82, 2.24) is 0 Å². The number of rotatable bonds is 3. The number of hydrogen-bond acceptors (Lipinski definition) is 1. The minimum atomic E-state index is -1.71. The summed E-state index contributed by atoms with van der Waals surface area (Å²) < 4.78 is 30.5. The van der Waals surface area contributed by atoms with Gasteiger partial charge in [0.05, 0.1) is 13.6 Å². The maximum atomic E-state index is 9.22. The molecule has 0 aliphatic carbocycles. The van der Waals surface area contributed by atoms with Gasteiger partial charge in [0, 0.05) is 42.3 Å². The summed E-state index contributed by atoms with van der Waals surface area (Å²) in [5.74, 6) is -0.201. The van der Waals surface area contributed by atoms with Crippen LogP contribution in [-0.2, 0) is 12.0 Å². The van der Waals surface area contributed by atoms with Gasteiger partial charge < -0.3 is 4.42 Å². The van der Waals surface area contributed by atoms with E-state index in [9.17, 15) is 2.74 Å². The van der Waals surface area contributed by atoms with E-state index in [2.05, 4.69) is 156 Å². The highest BCUT2D eigenvalue weighted by molar-refractivity contribution is 6.88. The van der Waals surface area contributed by atoms with E-state index < -0.39 is 20.1 Å². The molecule has 3 nitrogen and oxygen atoms in total. The van der Waals surface area contributed by atoms with Crippen LogP contribution in [0.2, 0.25) is 19.6 Å². The van der Waals surface area contributed by atoms with Crippen molar-refractivity contribution in [1.29, 1.82) is 0 Å². The first-order valence-electron chi connectivity index (χ1n) is 19.5. The zero-order chi connectivity index (χ0) is 36.9. The van der Waals surface area contributed by atoms with Gasteiger partial charge in [0.15, 0.2) is 12.4 Å². The average Bonchev–Trinajstić information content (AvgIpc) is 3.81. The highest BCUT2D eigenvalue weighted by Gasteiger charge is 2.67. The lowest BCUT2D eigenvalue weighted by Crippen LogP contribution is -2.72. The molecule has 0 radical (unpaired) electrons. The molecule has 0 saturated heterocycles. The molecule has 1 unspecified atom stereocenters. The minimum absolute atomic E-state index is 0.201. The summed E-state index contributed by atoms with van der Waals surface area (Å²) in [5.41, 5.74) is 8.36. The van der Waals surface area contributed by atoms with Crippen molar-refractivity contribution < 1.29 is 16.3 Å². The third-order valence-corrected chi connectivity index (χ3v) is 13.7. The summed E-state index contributed by atoms with van der Waals surface area (Å²) in [6.07, 6.45) is 3.02. The van der Waals surface area contributed by atoms with Crippen molar-refractivity contribution in [3.05, 3.63) is 150 Å². The van der Waals surface area contributed by atoms with Gasteiger partial charge in [-0.05, 0) is 81.2 Å². The maximum Gasteiger partial charge on any atom is 0.417 e. The van der Waals surface area contributed by atoms with Gasteiger partial charge in [0.1, 0.15) is 27.9 Å². The predicted molar refractivity (Wildman–Crippen MR) is 217 cm³/mol. The van der Waals surface area contributed by atoms with Crippen molar-refractivity contribution in [3.8, 4) is 22.5 Å². The molecule has 3 aromatic heterocycles. The van der Waals surface area contributed by atoms with Gasteiger partial charge in [-0.2, -0.15) is 0 Å². The van der Waals surface area contributed by atoms with Crippen LogP contribution < -0.4 is 14.3 Å². The second-order valence-corrected chi connectivity index (χ2v) is 21.1. The largest absolute Gasteiger partial charge is 0.455 e. The number of furan rings is 1. The second-order valence-electron chi connectivity index (χ2n) is 16.0. The number of pyridine rings is 2. The molecule has 11 rings (SSSR count). The lowest BCUT2D eigenvalue weighted by atomic mass is 9.88. The van der Waals surface area contributed by atoms with Gasteiger partial charge in [-0.3, -0.25) is 0 Å². The molecule has 0 fully saturated rings. The van der Waals surface area contributed by atoms with Gasteiger partial charge in [-0.1, -0.05) is 100 Å². The number of fused-ring (bicyclic) bond motifs is 21. The lowest BCUT2D eigenvalue weighted by molar-refractivity contribution is -0.954.